The Balaban J connectivity index is 3.09. The predicted molar refractivity (Wildman–Crippen MR) is 66.6 cm³/mol. The molecule has 0 aromatic carbocycles. The van der Waals surface area contributed by atoms with Crippen LogP contribution in [0.5, 0.6) is 0 Å². The van der Waals surface area contributed by atoms with Gasteiger partial charge in [0.05, 0.1) is 5.69 Å². The first kappa shape index (κ1) is 14.0. The van der Waals surface area contributed by atoms with E-state index in [4.69, 9.17) is 23.2 Å². The van der Waals surface area contributed by atoms with Crippen molar-refractivity contribution in [2.24, 2.45) is 0 Å². The molecule has 0 aliphatic heterocycles. The van der Waals surface area contributed by atoms with Crippen LogP contribution in [0.3, 0.4) is 0 Å². The molecule has 17 heavy (non-hydrogen) atoms. The number of halogens is 2. The number of rotatable bonds is 5. The highest BCUT2D eigenvalue weighted by Crippen LogP contribution is 2.28. The van der Waals surface area contributed by atoms with Gasteiger partial charge < -0.3 is 10.4 Å². The molecule has 5 nitrogen and oxygen atoms in total. The van der Waals surface area contributed by atoms with Gasteiger partial charge in [0, 0.05) is 6.07 Å². The van der Waals surface area contributed by atoms with Crippen LogP contribution in [0, 0.1) is 0 Å². The normalized spacial score (nSPS) is 11.3. The first-order valence-electron chi connectivity index (χ1n) is 5.15. The Morgan fingerprint density at radius 3 is 2.47 bits per heavy atom. The largest absolute Gasteiger partial charge is 0.480 e. The number of anilines is 1. The second-order valence-corrected chi connectivity index (χ2v) is 4.34. The molecule has 0 bridgehead atoms. The molecule has 1 heterocycles. The van der Waals surface area contributed by atoms with E-state index in [1.807, 2.05) is 0 Å². The molecule has 0 saturated carbocycles. The molecule has 0 aliphatic rings. The summed E-state index contributed by atoms with van der Waals surface area (Å²) in [6.45, 7) is 3.57. The van der Waals surface area contributed by atoms with Crippen LogP contribution in [-0.2, 0) is 4.79 Å². The molecule has 0 amide bonds. The van der Waals surface area contributed by atoms with Crippen LogP contribution in [0.4, 0.5) is 5.69 Å². The van der Waals surface area contributed by atoms with Gasteiger partial charge in [-0.1, -0.05) is 37.0 Å². The molecule has 1 aromatic heterocycles. The first-order valence-corrected chi connectivity index (χ1v) is 5.91. The SMILES string of the molecule is CCC(CC)(Nc1cc(Cl)nnc1Cl)C(=O)O. The summed E-state index contributed by atoms with van der Waals surface area (Å²) >= 11 is 11.5. The summed E-state index contributed by atoms with van der Waals surface area (Å²) in [7, 11) is 0. The van der Waals surface area contributed by atoms with Gasteiger partial charge in [-0.05, 0) is 12.8 Å². The van der Waals surface area contributed by atoms with E-state index in [2.05, 4.69) is 15.5 Å². The van der Waals surface area contributed by atoms with E-state index in [1.54, 1.807) is 13.8 Å². The number of carboxylic acid groups (broad SMARTS) is 1. The highest BCUT2D eigenvalue weighted by molar-refractivity contribution is 6.33. The third kappa shape index (κ3) is 2.98. The van der Waals surface area contributed by atoms with Gasteiger partial charge in [-0.2, -0.15) is 0 Å². The lowest BCUT2D eigenvalue weighted by Crippen LogP contribution is -2.45. The van der Waals surface area contributed by atoms with Crippen LogP contribution in [0.15, 0.2) is 6.07 Å². The summed E-state index contributed by atoms with van der Waals surface area (Å²) in [5.41, 5.74) is -0.700. The minimum atomic E-state index is -1.07. The Morgan fingerprint density at radius 1 is 1.41 bits per heavy atom. The van der Waals surface area contributed by atoms with Gasteiger partial charge in [-0.25, -0.2) is 4.79 Å². The van der Waals surface area contributed by atoms with Crippen LogP contribution in [0.1, 0.15) is 26.7 Å². The number of hydrogen-bond acceptors (Lipinski definition) is 4. The van der Waals surface area contributed by atoms with Crippen molar-refractivity contribution in [1.82, 2.24) is 10.2 Å². The minimum absolute atomic E-state index is 0.0990. The average molecular weight is 278 g/mol. The maximum atomic E-state index is 11.3. The molecule has 0 unspecified atom stereocenters. The molecule has 0 fully saturated rings. The van der Waals surface area contributed by atoms with Gasteiger partial charge in [0.1, 0.15) is 5.54 Å². The topological polar surface area (TPSA) is 75.1 Å². The van der Waals surface area contributed by atoms with Gasteiger partial charge in [0.15, 0.2) is 10.3 Å². The standard InChI is InChI=1S/C10H13Cl2N3O2/c1-3-10(4-2,9(16)17)13-6-5-7(11)14-15-8(6)12/h5H,3-4H2,1-2H3,(H,13,14)(H,16,17). The van der Waals surface area contributed by atoms with Crippen molar-refractivity contribution in [2.75, 3.05) is 5.32 Å². The summed E-state index contributed by atoms with van der Waals surface area (Å²) in [4.78, 5) is 11.3. The van der Waals surface area contributed by atoms with E-state index in [-0.39, 0.29) is 10.3 Å². The second kappa shape index (κ2) is 5.51. The van der Waals surface area contributed by atoms with Crippen molar-refractivity contribution in [3.05, 3.63) is 16.4 Å². The van der Waals surface area contributed by atoms with Crippen molar-refractivity contribution >= 4 is 34.9 Å². The average Bonchev–Trinajstić information content (AvgIpc) is 2.30. The second-order valence-electron chi connectivity index (χ2n) is 3.59. The molecule has 0 spiro atoms. The van der Waals surface area contributed by atoms with Crippen molar-refractivity contribution < 1.29 is 9.90 Å². The molecule has 0 atom stereocenters. The van der Waals surface area contributed by atoms with Crippen molar-refractivity contribution in [3.8, 4) is 0 Å². The molecule has 0 radical (unpaired) electrons. The summed E-state index contributed by atoms with van der Waals surface area (Å²) < 4.78 is 0. The van der Waals surface area contributed by atoms with E-state index < -0.39 is 11.5 Å². The Morgan fingerprint density at radius 2 is 2.00 bits per heavy atom. The van der Waals surface area contributed by atoms with Crippen LogP contribution >= 0.6 is 23.2 Å². The molecule has 94 valence electrons. The highest BCUT2D eigenvalue weighted by atomic mass is 35.5. The van der Waals surface area contributed by atoms with Gasteiger partial charge in [0.2, 0.25) is 0 Å². The smallest absolute Gasteiger partial charge is 0.329 e. The van der Waals surface area contributed by atoms with E-state index in [9.17, 15) is 9.90 Å². The summed E-state index contributed by atoms with van der Waals surface area (Å²) in [5.74, 6) is -0.938. The van der Waals surface area contributed by atoms with E-state index in [0.717, 1.165) is 0 Å². The van der Waals surface area contributed by atoms with E-state index in [1.165, 1.54) is 6.07 Å². The Labute approximate surface area is 109 Å². The van der Waals surface area contributed by atoms with E-state index >= 15 is 0 Å². The van der Waals surface area contributed by atoms with Gasteiger partial charge in [0.25, 0.3) is 0 Å². The maximum absolute atomic E-state index is 11.3. The van der Waals surface area contributed by atoms with Crippen LogP contribution < -0.4 is 5.32 Å². The Kier molecular flexibility index (Phi) is 4.54. The third-order valence-electron chi connectivity index (χ3n) is 2.71. The fourth-order valence-corrected chi connectivity index (χ4v) is 1.77. The zero-order valence-corrected chi connectivity index (χ0v) is 11.0. The third-order valence-corrected chi connectivity index (χ3v) is 3.17. The number of aliphatic carboxylic acids is 1. The maximum Gasteiger partial charge on any atom is 0.329 e. The lowest BCUT2D eigenvalue weighted by Gasteiger charge is -2.29. The summed E-state index contributed by atoms with van der Waals surface area (Å²) in [6, 6.07) is 1.46. The Bertz CT molecular complexity index is 422. The number of hydrogen-bond donors (Lipinski definition) is 2. The van der Waals surface area contributed by atoms with Crippen LogP contribution in [0.2, 0.25) is 10.3 Å². The number of nitrogens with one attached hydrogen (secondary N) is 1. The van der Waals surface area contributed by atoms with Crippen molar-refractivity contribution in [3.63, 3.8) is 0 Å². The number of carboxylic acids is 1. The minimum Gasteiger partial charge on any atom is -0.480 e. The van der Waals surface area contributed by atoms with Crippen LogP contribution in [-0.4, -0.2) is 26.8 Å². The lowest BCUT2D eigenvalue weighted by molar-refractivity contribution is -0.142. The predicted octanol–water partition coefficient (Wildman–Crippen LogP) is 2.84. The van der Waals surface area contributed by atoms with Crippen molar-refractivity contribution in [1.29, 1.82) is 0 Å². The van der Waals surface area contributed by atoms with Gasteiger partial charge >= 0.3 is 5.97 Å². The zero-order chi connectivity index (χ0) is 13.1. The molecular formula is C10H13Cl2N3O2. The molecule has 0 aliphatic carbocycles. The zero-order valence-electron chi connectivity index (χ0n) is 9.50. The molecule has 2 N–H and O–H groups in total. The van der Waals surface area contributed by atoms with Crippen molar-refractivity contribution in [2.45, 2.75) is 32.2 Å². The highest BCUT2D eigenvalue weighted by Gasteiger charge is 2.35. The number of carbonyl (C=O) groups is 1. The number of aromatic nitrogens is 2. The van der Waals surface area contributed by atoms with Gasteiger partial charge in [-0.15, -0.1) is 10.2 Å². The lowest BCUT2D eigenvalue weighted by atomic mass is 9.93. The molecule has 1 rings (SSSR count). The monoisotopic (exact) mass is 277 g/mol. The first-order chi connectivity index (χ1) is 7.95. The Hall–Kier alpha value is -1.07. The fourth-order valence-electron chi connectivity index (χ4n) is 1.48. The van der Waals surface area contributed by atoms with Crippen LogP contribution in [0.25, 0.3) is 0 Å². The number of nitrogens with zero attached hydrogens (tertiary/aromatic N) is 2. The summed E-state index contributed by atoms with van der Waals surface area (Å²) in [6.07, 6.45) is 0.824. The molecular weight excluding hydrogens is 265 g/mol. The molecule has 1 aromatic rings. The van der Waals surface area contributed by atoms with E-state index in [0.29, 0.717) is 18.5 Å². The molecule has 7 heteroatoms. The quantitative estimate of drug-likeness (QED) is 0.866. The van der Waals surface area contributed by atoms with Gasteiger partial charge in [-0.3, -0.25) is 0 Å². The molecule has 0 saturated heterocycles. The fraction of sp³-hybridized carbons (Fsp3) is 0.500. The summed E-state index contributed by atoms with van der Waals surface area (Å²) in [5, 5.41) is 19.6.